The Morgan fingerprint density at radius 3 is 2.73 bits per heavy atom. The number of amides is 1. The molecule has 6 heteroatoms. The van der Waals surface area contributed by atoms with Crippen LogP contribution in [-0.2, 0) is 20.1 Å². The smallest absolute Gasteiger partial charge is 0.333 e. The summed E-state index contributed by atoms with van der Waals surface area (Å²) in [7, 11) is 0. The van der Waals surface area contributed by atoms with E-state index in [9.17, 15) is 9.59 Å². The van der Waals surface area contributed by atoms with Crippen molar-refractivity contribution in [2.24, 2.45) is 17.6 Å². The van der Waals surface area contributed by atoms with Crippen LogP contribution in [0.3, 0.4) is 0 Å². The molecule has 0 aliphatic heterocycles. The Labute approximate surface area is 159 Å². The molecule has 2 saturated carbocycles. The number of thioether (sulfide) groups is 1. The first kappa shape index (κ1) is 19.2. The fraction of sp³-hybridized carbons (Fsp3) is 0.600. The van der Waals surface area contributed by atoms with Gasteiger partial charge in [0.1, 0.15) is 0 Å². The summed E-state index contributed by atoms with van der Waals surface area (Å²) >= 11 is 1.76. The Morgan fingerprint density at radius 1 is 1.35 bits per heavy atom. The molecule has 0 saturated heterocycles. The quantitative estimate of drug-likeness (QED) is 0.715. The van der Waals surface area contributed by atoms with E-state index < -0.39 is 11.6 Å². The molecule has 5 nitrogen and oxygen atoms in total. The van der Waals surface area contributed by atoms with Gasteiger partial charge >= 0.3 is 5.97 Å². The average molecular weight is 377 g/mol. The summed E-state index contributed by atoms with van der Waals surface area (Å²) in [5.74, 6) is 0.779. The fourth-order valence-electron chi connectivity index (χ4n) is 4.41. The zero-order valence-electron chi connectivity index (χ0n) is 15.4. The van der Waals surface area contributed by atoms with Gasteiger partial charge in [-0.05, 0) is 50.5 Å². The standard InChI is InChI=1S/C20H28N2O3S/c1-3-25-19(24)20(22-18(23)13(2)21)16-10-9-15(11-16)17(20)26-12-14-7-5-4-6-8-14/h4-8,13,15-17H,3,9-12,21H2,1-2H3,(H,22,23)/t13-,15+,16-,17+,20-/m0/s1. The Hall–Kier alpha value is -1.53. The van der Waals surface area contributed by atoms with Crippen LogP contribution < -0.4 is 11.1 Å². The number of nitrogens with two attached hydrogens (primary N) is 1. The molecule has 0 unspecified atom stereocenters. The van der Waals surface area contributed by atoms with Crippen LogP contribution in [0.1, 0.15) is 38.7 Å². The highest BCUT2D eigenvalue weighted by atomic mass is 32.2. The van der Waals surface area contributed by atoms with Gasteiger partial charge in [0.25, 0.3) is 0 Å². The number of ether oxygens (including phenoxy) is 1. The Balaban J connectivity index is 1.87. The first-order valence-electron chi connectivity index (χ1n) is 9.39. The third-order valence-electron chi connectivity index (χ3n) is 5.62. The van der Waals surface area contributed by atoms with Gasteiger partial charge in [-0.25, -0.2) is 4.79 Å². The molecule has 2 aliphatic carbocycles. The molecule has 3 rings (SSSR count). The molecule has 0 radical (unpaired) electrons. The molecule has 2 bridgehead atoms. The van der Waals surface area contributed by atoms with E-state index in [0.717, 1.165) is 25.0 Å². The SMILES string of the molecule is CCOC(=O)[C@]1(NC(=O)[C@H](C)N)[C@H]2CC[C@H](C2)[C@H]1SCc1ccccc1. The van der Waals surface area contributed by atoms with Gasteiger partial charge in [-0.1, -0.05) is 30.3 Å². The van der Waals surface area contributed by atoms with E-state index in [4.69, 9.17) is 10.5 Å². The molecule has 3 N–H and O–H groups in total. The van der Waals surface area contributed by atoms with E-state index in [1.807, 2.05) is 18.2 Å². The topological polar surface area (TPSA) is 81.4 Å². The zero-order valence-corrected chi connectivity index (χ0v) is 16.3. The lowest BCUT2D eigenvalue weighted by Crippen LogP contribution is -2.66. The third kappa shape index (κ3) is 3.49. The summed E-state index contributed by atoms with van der Waals surface area (Å²) in [6.07, 6.45) is 3.02. The summed E-state index contributed by atoms with van der Waals surface area (Å²) < 4.78 is 5.44. The number of rotatable bonds is 7. The van der Waals surface area contributed by atoms with Crippen LogP contribution in [0.15, 0.2) is 30.3 Å². The van der Waals surface area contributed by atoms with Gasteiger partial charge in [0, 0.05) is 11.0 Å². The molecule has 142 valence electrons. The summed E-state index contributed by atoms with van der Waals surface area (Å²) in [4.78, 5) is 25.5. The monoisotopic (exact) mass is 376 g/mol. The highest BCUT2D eigenvalue weighted by molar-refractivity contribution is 7.99. The van der Waals surface area contributed by atoms with Crippen molar-refractivity contribution >= 4 is 23.6 Å². The summed E-state index contributed by atoms with van der Waals surface area (Å²) in [5.41, 5.74) is 6.05. The largest absolute Gasteiger partial charge is 0.464 e. The van der Waals surface area contributed by atoms with Gasteiger partial charge in [-0.15, -0.1) is 0 Å². The van der Waals surface area contributed by atoms with Crippen molar-refractivity contribution in [3.8, 4) is 0 Å². The predicted octanol–water partition coefficient (Wildman–Crippen LogP) is 2.48. The number of benzene rings is 1. The molecule has 1 aromatic carbocycles. The van der Waals surface area contributed by atoms with Crippen molar-refractivity contribution in [1.29, 1.82) is 0 Å². The molecule has 5 atom stereocenters. The van der Waals surface area contributed by atoms with Gasteiger partial charge in [-0.2, -0.15) is 11.8 Å². The fourth-order valence-corrected chi connectivity index (χ4v) is 6.11. The van der Waals surface area contributed by atoms with Gasteiger partial charge in [0.05, 0.1) is 12.6 Å². The van der Waals surface area contributed by atoms with Crippen LogP contribution in [0.2, 0.25) is 0 Å². The number of hydrogen-bond acceptors (Lipinski definition) is 5. The Morgan fingerprint density at radius 2 is 2.08 bits per heavy atom. The number of fused-ring (bicyclic) bond motifs is 2. The normalized spacial score (nSPS) is 30.8. The Bertz CT molecular complexity index is 652. The number of nitrogens with one attached hydrogen (secondary N) is 1. The molecule has 26 heavy (non-hydrogen) atoms. The molecule has 0 spiro atoms. The molecular weight excluding hydrogens is 348 g/mol. The molecule has 1 amide bonds. The van der Waals surface area contributed by atoms with Gasteiger partial charge in [0.15, 0.2) is 5.54 Å². The van der Waals surface area contributed by atoms with Gasteiger partial charge in [-0.3, -0.25) is 4.79 Å². The minimum absolute atomic E-state index is 0.0169. The maximum atomic E-state index is 13.0. The lowest BCUT2D eigenvalue weighted by atomic mass is 9.80. The number of carbonyl (C=O) groups excluding carboxylic acids is 2. The number of carbonyl (C=O) groups is 2. The minimum atomic E-state index is -0.955. The van der Waals surface area contributed by atoms with Crippen LogP contribution in [0.25, 0.3) is 0 Å². The molecule has 1 aromatic rings. The number of hydrogen-bond donors (Lipinski definition) is 2. The summed E-state index contributed by atoms with van der Waals surface area (Å²) in [6.45, 7) is 3.76. The zero-order chi connectivity index (χ0) is 18.7. The van der Waals surface area contributed by atoms with Crippen molar-refractivity contribution in [2.75, 3.05) is 6.61 Å². The van der Waals surface area contributed by atoms with E-state index in [2.05, 4.69) is 17.4 Å². The van der Waals surface area contributed by atoms with Crippen LogP contribution >= 0.6 is 11.8 Å². The van der Waals surface area contributed by atoms with Crippen molar-refractivity contribution in [3.63, 3.8) is 0 Å². The third-order valence-corrected chi connectivity index (χ3v) is 7.24. The molecule has 2 aliphatic rings. The van der Waals surface area contributed by atoms with Gasteiger partial charge in [0.2, 0.25) is 5.91 Å². The lowest BCUT2D eigenvalue weighted by Gasteiger charge is -2.42. The second kappa shape index (κ2) is 8.01. The molecular formula is C20H28N2O3S. The van der Waals surface area contributed by atoms with Crippen molar-refractivity contribution in [3.05, 3.63) is 35.9 Å². The highest BCUT2D eigenvalue weighted by Gasteiger charge is 2.64. The van der Waals surface area contributed by atoms with E-state index in [0.29, 0.717) is 12.5 Å². The maximum absolute atomic E-state index is 13.0. The van der Waals surface area contributed by atoms with Crippen LogP contribution in [0, 0.1) is 11.8 Å². The van der Waals surface area contributed by atoms with Crippen molar-refractivity contribution in [2.45, 2.75) is 55.7 Å². The van der Waals surface area contributed by atoms with E-state index in [1.54, 1.807) is 25.6 Å². The lowest BCUT2D eigenvalue weighted by molar-refractivity contribution is -0.155. The van der Waals surface area contributed by atoms with Crippen LogP contribution in [0.4, 0.5) is 0 Å². The molecule has 2 fully saturated rings. The second-order valence-corrected chi connectivity index (χ2v) is 8.48. The van der Waals surface area contributed by atoms with Crippen molar-refractivity contribution in [1.82, 2.24) is 5.32 Å². The first-order valence-corrected chi connectivity index (χ1v) is 10.4. The van der Waals surface area contributed by atoms with E-state index >= 15 is 0 Å². The summed E-state index contributed by atoms with van der Waals surface area (Å²) in [5, 5.41) is 3.05. The number of esters is 1. The van der Waals surface area contributed by atoms with Crippen LogP contribution in [0.5, 0.6) is 0 Å². The van der Waals surface area contributed by atoms with E-state index in [-0.39, 0.29) is 23.0 Å². The molecule has 0 aromatic heterocycles. The van der Waals surface area contributed by atoms with E-state index in [1.165, 1.54) is 5.56 Å². The predicted molar refractivity (Wildman–Crippen MR) is 104 cm³/mol. The Kier molecular flexibility index (Phi) is 5.92. The second-order valence-electron chi connectivity index (χ2n) is 7.35. The first-order chi connectivity index (χ1) is 12.5. The summed E-state index contributed by atoms with van der Waals surface area (Å²) in [6, 6.07) is 9.57. The maximum Gasteiger partial charge on any atom is 0.333 e. The van der Waals surface area contributed by atoms with Gasteiger partial charge < -0.3 is 15.8 Å². The van der Waals surface area contributed by atoms with Crippen LogP contribution in [-0.4, -0.2) is 35.3 Å². The highest BCUT2D eigenvalue weighted by Crippen LogP contribution is 2.56. The molecule has 0 heterocycles. The van der Waals surface area contributed by atoms with Crippen molar-refractivity contribution < 1.29 is 14.3 Å². The minimum Gasteiger partial charge on any atom is -0.464 e. The average Bonchev–Trinajstić information content (AvgIpc) is 3.22.